The molecule has 0 fully saturated rings. The summed E-state index contributed by atoms with van der Waals surface area (Å²) >= 11 is 5.72. The number of aromatic nitrogens is 2. The molecule has 4 heteroatoms. The monoisotopic (exact) mass is 180 g/mol. The minimum absolute atomic E-state index is 0.100. The van der Waals surface area contributed by atoms with E-state index in [-0.39, 0.29) is 5.56 Å². The summed E-state index contributed by atoms with van der Waals surface area (Å²) in [5.74, 6) is 0. The highest BCUT2D eigenvalue weighted by atomic mass is 35.5. The quantitative estimate of drug-likeness (QED) is 0.613. The van der Waals surface area contributed by atoms with Gasteiger partial charge >= 0.3 is 0 Å². The largest absolute Gasteiger partial charge is 0.269 e. The smallest absolute Gasteiger partial charge is 0.257 e. The van der Waals surface area contributed by atoms with Gasteiger partial charge in [-0.3, -0.25) is 9.20 Å². The summed E-state index contributed by atoms with van der Waals surface area (Å²) in [6.45, 7) is 0. The normalized spacial score (nSPS) is 10.4. The minimum Gasteiger partial charge on any atom is -0.269 e. The molecular formula is C8H5ClN2O. The molecule has 0 aliphatic rings. The highest BCUT2D eigenvalue weighted by molar-refractivity contribution is 6.30. The lowest BCUT2D eigenvalue weighted by molar-refractivity contribution is 1.05. The van der Waals surface area contributed by atoms with E-state index < -0.39 is 0 Å². The molecule has 2 heterocycles. The summed E-state index contributed by atoms with van der Waals surface area (Å²) in [7, 11) is 0. The number of nitrogens with zero attached hydrogens (tertiary/aromatic N) is 2. The van der Waals surface area contributed by atoms with Gasteiger partial charge in [0.05, 0.1) is 0 Å². The Labute approximate surface area is 73.2 Å². The van der Waals surface area contributed by atoms with E-state index in [0.717, 1.165) is 0 Å². The fourth-order valence-electron chi connectivity index (χ4n) is 1.01. The first kappa shape index (κ1) is 7.31. The summed E-state index contributed by atoms with van der Waals surface area (Å²) in [6, 6.07) is 4.70. The fraction of sp³-hybridized carbons (Fsp3) is 0. The third-order valence-corrected chi connectivity index (χ3v) is 1.79. The van der Waals surface area contributed by atoms with Crippen LogP contribution in [0.2, 0.25) is 5.02 Å². The first-order valence-electron chi connectivity index (χ1n) is 3.40. The van der Waals surface area contributed by atoms with E-state index in [1.807, 2.05) is 0 Å². The van der Waals surface area contributed by atoms with Gasteiger partial charge in [-0.15, -0.1) is 0 Å². The average molecular weight is 181 g/mol. The lowest BCUT2D eigenvalue weighted by Gasteiger charge is -1.97. The lowest BCUT2D eigenvalue weighted by atomic mass is 10.4. The van der Waals surface area contributed by atoms with Gasteiger partial charge in [0, 0.05) is 29.5 Å². The summed E-state index contributed by atoms with van der Waals surface area (Å²) in [4.78, 5) is 15.2. The maximum atomic E-state index is 11.2. The van der Waals surface area contributed by atoms with E-state index in [0.29, 0.717) is 10.7 Å². The van der Waals surface area contributed by atoms with Gasteiger partial charge in [-0.05, 0) is 6.07 Å². The molecule has 0 bridgehead atoms. The molecule has 2 aromatic rings. The van der Waals surface area contributed by atoms with Crippen molar-refractivity contribution < 1.29 is 0 Å². The van der Waals surface area contributed by atoms with Crippen molar-refractivity contribution in [2.45, 2.75) is 0 Å². The van der Waals surface area contributed by atoms with Crippen molar-refractivity contribution in [2.75, 3.05) is 0 Å². The topological polar surface area (TPSA) is 34.4 Å². The maximum Gasteiger partial charge on any atom is 0.257 e. The van der Waals surface area contributed by atoms with Crippen molar-refractivity contribution in [1.29, 1.82) is 0 Å². The summed E-state index contributed by atoms with van der Waals surface area (Å²) < 4.78 is 1.44. The Bertz CT molecular complexity index is 478. The third-order valence-electron chi connectivity index (χ3n) is 1.56. The minimum atomic E-state index is -0.100. The molecular weight excluding hydrogens is 176 g/mol. The molecule has 0 spiro atoms. The summed E-state index contributed by atoms with van der Waals surface area (Å²) in [6.07, 6.45) is 3.07. The van der Waals surface area contributed by atoms with Crippen LogP contribution in [0.4, 0.5) is 0 Å². The Hall–Kier alpha value is -1.35. The van der Waals surface area contributed by atoms with Gasteiger partial charge in [0.15, 0.2) is 0 Å². The Balaban J connectivity index is 2.96. The summed E-state index contributed by atoms with van der Waals surface area (Å²) in [5, 5.41) is 0.577. The fourth-order valence-corrected chi connectivity index (χ4v) is 1.16. The van der Waals surface area contributed by atoms with Crippen LogP contribution in [0.1, 0.15) is 0 Å². The molecule has 0 atom stereocenters. The molecule has 3 nitrogen and oxygen atoms in total. The van der Waals surface area contributed by atoms with Crippen molar-refractivity contribution in [3.8, 4) is 0 Å². The van der Waals surface area contributed by atoms with Gasteiger partial charge in [-0.1, -0.05) is 11.6 Å². The highest BCUT2D eigenvalue weighted by Gasteiger charge is 1.95. The van der Waals surface area contributed by atoms with Crippen molar-refractivity contribution in [2.24, 2.45) is 0 Å². The number of pyridine rings is 1. The first-order chi connectivity index (χ1) is 5.77. The molecule has 2 aromatic heterocycles. The zero-order chi connectivity index (χ0) is 8.55. The maximum absolute atomic E-state index is 11.2. The molecule has 60 valence electrons. The van der Waals surface area contributed by atoms with E-state index in [9.17, 15) is 4.79 Å². The van der Waals surface area contributed by atoms with Gasteiger partial charge in [-0.2, -0.15) is 0 Å². The second-order valence-corrected chi connectivity index (χ2v) is 2.79. The van der Waals surface area contributed by atoms with E-state index >= 15 is 0 Å². The standard InChI is InChI=1S/C8H5ClN2O/c9-6-2-4-11-7(5-6)10-3-1-8(11)12/h1-5H. The van der Waals surface area contributed by atoms with Crippen LogP contribution in [-0.4, -0.2) is 9.38 Å². The van der Waals surface area contributed by atoms with Crippen LogP contribution in [0.5, 0.6) is 0 Å². The molecule has 0 aliphatic heterocycles. The van der Waals surface area contributed by atoms with Crippen LogP contribution in [-0.2, 0) is 0 Å². The predicted molar refractivity (Wildman–Crippen MR) is 46.5 cm³/mol. The molecule has 0 aliphatic carbocycles. The molecule has 12 heavy (non-hydrogen) atoms. The number of rotatable bonds is 0. The Kier molecular flexibility index (Phi) is 1.59. The molecule has 0 saturated carbocycles. The third kappa shape index (κ3) is 1.08. The molecule has 2 rings (SSSR count). The van der Waals surface area contributed by atoms with E-state index in [4.69, 9.17) is 11.6 Å². The van der Waals surface area contributed by atoms with Crippen LogP contribution < -0.4 is 5.56 Å². The van der Waals surface area contributed by atoms with Crippen LogP contribution in [0.3, 0.4) is 0 Å². The zero-order valence-electron chi connectivity index (χ0n) is 6.07. The second-order valence-electron chi connectivity index (χ2n) is 2.36. The van der Waals surface area contributed by atoms with Crippen LogP contribution in [0, 0.1) is 0 Å². The summed E-state index contributed by atoms with van der Waals surface area (Å²) in [5.41, 5.74) is 0.465. The van der Waals surface area contributed by atoms with Crippen molar-refractivity contribution in [3.05, 3.63) is 46.0 Å². The molecule has 0 saturated heterocycles. The zero-order valence-corrected chi connectivity index (χ0v) is 6.82. The SMILES string of the molecule is O=c1ccnc2cc(Cl)ccn12. The van der Waals surface area contributed by atoms with Gasteiger partial charge in [0.2, 0.25) is 0 Å². The molecule has 0 unspecified atom stereocenters. The number of fused-ring (bicyclic) bond motifs is 1. The highest BCUT2D eigenvalue weighted by Crippen LogP contribution is 2.07. The van der Waals surface area contributed by atoms with Gasteiger partial charge in [0.25, 0.3) is 5.56 Å². The predicted octanol–water partition coefficient (Wildman–Crippen LogP) is 1.35. The number of halogens is 1. The first-order valence-corrected chi connectivity index (χ1v) is 3.78. The number of hydrogen-bond donors (Lipinski definition) is 0. The van der Waals surface area contributed by atoms with E-state index in [2.05, 4.69) is 4.98 Å². The van der Waals surface area contributed by atoms with Crippen LogP contribution in [0.25, 0.3) is 5.65 Å². The van der Waals surface area contributed by atoms with Crippen molar-refractivity contribution in [1.82, 2.24) is 9.38 Å². The van der Waals surface area contributed by atoms with Crippen molar-refractivity contribution >= 4 is 17.2 Å². The molecule has 0 N–H and O–H groups in total. The van der Waals surface area contributed by atoms with Gasteiger partial charge < -0.3 is 0 Å². The Morgan fingerprint density at radius 3 is 3.08 bits per heavy atom. The molecule has 0 aromatic carbocycles. The van der Waals surface area contributed by atoms with Crippen molar-refractivity contribution in [3.63, 3.8) is 0 Å². The van der Waals surface area contributed by atoms with Crippen LogP contribution in [0.15, 0.2) is 35.4 Å². The lowest BCUT2D eigenvalue weighted by Crippen LogP contribution is -2.11. The molecule has 0 radical (unpaired) electrons. The van der Waals surface area contributed by atoms with E-state index in [1.54, 1.807) is 18.3 Å². The second kappa shape index (κ2) is 2.60. The van der Waals surface area contributed by atoms with Gasteiger partial charge in [-0.25, -0.2) is 4.98 Å². The van der Waals surface area contributed by atoms with E-state index in [1.165, 1.54) is 16.7 Å². The molecule has 0 amide bonds. The average Bonchev–Trinajstić information content (AvgIpc) is 2.04. The number of hydrogen-bond acceptors (Lipinski definition) is 2. The van der Waals surface area contributed by atoms with Crippen LogP contribution >= 0.6 is 11.6 Å². The van der Waals surface area contributed by atoms with Gasteiger partial charge in [0.1, 0.15) is 5.65 Å². The Morgan fingerprint density at radius 1 is 1.42 bits per heavy atom. The Morgan fingerprint density at radius 2 is 2.25 bits per heavy atom.